The predicted octanol–water partition coefficient (Wildman–Crippen LogP) is 0.743. The van der Waals surface area contributed by atoms with Gasteiger partial charge in [-0.25, -0.2) is 4.39 Å². The van der Waals surface area contributed by atoms with Crippen LogP contribution in [0.25, 0.3) is 5.69 Å². The van der Waals surface area contributed by atoms with Crippen LogP contribution < -0.4 is 10.6 Å². The third-order valence-electron chi connectivity index (χ3n) is 3.68. The summed E-state index contributed by atoms with van der Waals surface area (Å²) in [5, 5.41) is 20.8. The highest BCUT2D eigenvalue weighted by molar-refractivity contribution is 5.95. The van der Waals surface area contributed by atoms with Crippen LogP contribution in [-0.4, -0.2) is 42.9 Å². The molecule has 1 unspecified atom stereocenters. The zero-order valence-corrected chi connectivity index (χ0v) is 13.9. The lowest BCUT2D eigenvalue weighted by atomic mass is 10.1. The number of aromatic nitrogens is 6. The molecule has 0 aliphatic rings. The quantitative estimate of drug-likeness (QED) is 0.708. The summed E-state index contributed by atoms with van der Waals surface area (Å²) in [6.45, 7) is 1.66. The number of carbonyl (C=O) groups is 1. The molecule has 0 aliphatic heterocycles. The van der Waals surface area contributed by atoms with E-state index < -0.39 is 11.9 Å². The van der Waals surface area contributed by atoms with Crippen LogP contribution in [0, 0.1) is 12.7 Å². The molecule has 0 saturated heterocycles. The van der Waals surface area contributed by atoms with Gasteiger partial charge < -0.3 is 10.6 Å². The molecule has 2 heterocycles. The van der Waals surface area contributed by atoms with Gasteiger partial charge in [0, 0.05) is 24.5 Å². The molecule has 25 heavy (non-hydrogen) atoms. The molecule has 130 valence electrons. The second kappa shape index (κ2) is 6.77. The van der Waals surface area contributed by atoms with Crippen molar-refractivity contribution in [2.24, 2.45) is 7.05 Å². The van der Waals surface area contributed by atoms with Gasteiger partial charge in [-0.1, -0.05) is 0 Å². The first-order valence-corrected chi connectivity index (χ1v) is 7.51. The van der Waals surface area contributed by atoms with Crippen LogP contribution in [-0.2, 0) is 11.8 Å². The van der Waals surface area contributed by atoms with Crippen molar-refractivity contribution in [2.75, 3.05) is 12.4 Å². The van der Waals surface area contributed by atoms with Gasteiger partial charge in [0.2, 0.25) is 5.91 Å². The van der Waals surface area contributed by atoms with E-state index in [0.29, 0.717) is 11.5 Å². The molecule has 2 aromatic heterocycles. The van der Waals surface area contributed by atoms with E-state index in [1.807, 2.05) is 0 Å². The summed E-state index contributed by atoms with van der Waals surface area (Å²) in [4.78, 5) is 12.6. The van der Waals surface area contributed by atoms with E-state index in [4.69, 9.17) is 0 Å². The molecule has 10 heteroatoms. The van der Waals surface area contributed by atoms with E-state index in [1.165, 1.54) is 22.9 Å². The molecular weight excluding hydrogens is 327 g/mol. The van der Waals surface area contributed by atoms with Crippen molar-refractivity contribution in [1.29, 1.82) is 0 Å². The Bertz CT molecular complexity index is 903. The molecule has 2 N–H and O–H groups in total. The smallest absolute Gasteiger partial charge is 0.246 e. The van der Waals surface area contributed by atoms with E-state index in [9.17, 15) is 9.18 Å². The third-order valence-corrected chi connectivity index (χ3v) is 3.68. The molecule has 0 radical (unpaired) electrons. The number of aryl methyl sites for hydroxylation is 2. The number of anilines is 1. The van der Waals surface area contributed by atoms with Gasteiger partial charge in [-0.3, -0.25) is 9.48 Å². The number of benzene rings is 1. The Labute approximate surface area is 142 Å². The maximum absolute atomic E-state index is 14.1. The number of amides is 1. The van der Waals surface area contributed by atoms with Crippen LogP contribution in [0.5, 0.6) is 0 Å². The molecule has 0 bridgehead atoms. The molecule has 0 spiro atoms. The van der Waals surface area contributed by atoms with Crippen LogP contribution in [0.3, 0.4) is 0 Å². The monoisotopic (exact) mass is 344 g/mol. The van der Waals surface area contributed by atoms with Gasteiger partial charge in [-0.2, -0.15) is 9.78 Å². The number of nitrogens with one attached hydrogen (secondary N) is 2. The number of halogens is 1. The predicted molar refractivity (Wildman–Crippen MR) is 87.5 cm³/mol. The highest BCUT2D eigenvalue weighted by Gasteiger charge is 2.21. The zero-order chi connectivity index (χ0) is 18.0. The SMILES string of the molecule is CNC(C(=O)Nc1ccc(F)c(-n2nnnc2C)c1)c1cnn(C)c1. The highest BCUT2D eigenvalue weighted by Crippen LogP contribution is 2.20. The Hall–Kier alpha value is -3.14. The first-order valence-electron chi connectivity index (χ1n) is 7.51. The third kappa shape index (κ3) is 3.38. The molecule has 0 fully saturated rings. The number of rotatable bonds is 5. The van der Waals surface area contributed by atoms with E-state index in [1.54, 1.807) is 38.1 Å². The van der Waals surface area contributed by atoms with Crippen molar-refractivity contribution in [3.63, 3.8) is 0 Å². The number of nitrogens with zero attached hydrogens (tertiary/aromatic N) is 6. The first-order chi connectivity index (χ1) is 12.0. The van der Waals surface area contributed by atoms with Crippen molar-refractivity contribution in [3.05, 3.63) is 47.8 Å². The van der Waals surface area contributed by atoms with E-state index in [2.05, 4.69) is 31.3 Å². The Kier molecular flexibility index (Phi) is 4.52. The summed E-state index contributed by atoms with van der Waals surface area (Å²) in [7, 11) is 3.45. The van der Waals surface area contributed by atoms with Crippen molar-refractivity contribution >= 4 is 11.6 Å². The normalized spacial score (nSPS) is 12.2. The Morgan fingerprint density at radius 3 is 2.76 bits per heavy atom. The van der Waals surface area contributed by atoms with Crippen LogP contribution in [0.2, 0.25) is 0 Å². The molecular formula is C15H17FN8O. The summed E-state index contributed by atoms with van der Waals surface area (Å²) in [6, 6.07) is 3.63. The lowest BCUT2D eigenvalue weighted by molar-refractivity contribution is -0.118. The molecule has 9 nitrogen and oxygen atoms in total. The van der Waals surface area contributed by atoms with Crippen molar-refractivity contribution in [2.45, 2.75) is 13.0 Å². The Morgan fingerprint density at radius 2 is 2.16 bits per heavy atom. The second-order valence-electron chi connectivity index (χ2n) is 5.46. The average Bonchev–Trinajstić information content (AvgIpc) is 3.19. The molecule has 3 aromatic rings. The maximum Gasteiger partial charge on any atom is 0.246 e. The topological polar surface area (TPSA) is 103 Å². The fourth-order valence-corrected chi connectivity index (χ4v) is 2.46. The molecule has 3 rings (SSSR count). The standard InChI is InChI=1S/C15H17FN8O/c1-9-20-21-22-24(9)13-6-11(4-5-12(13)16)19-15(25)14(17-2)10-7-18-23(3)8-10/h4-8,14,17H,1-3H3,(H,19,25). The first kappa shape index (κ1) is 16.7. The summed E-state index contributed by atoms with van der Waals surface area (Å²) < 4.78 is 17.0. The lowest BCUT2D eigenvalue weighted by Gasteiger charge is -2.15. The van der Waals surface area contributed by atoms with Crippen LogP contribution in [0.15, 0.2) is 30.6 Å². The largest absolute Gasteiger partial charge is 0.324 e. The minimum absolute atomic E-state index is 0.155. The fourth-order valence-electron chi connectivity index (χ4n) is 2.46. The van der Waals surface area contributed by atoms with Crippen LogP contribution in [0.4, 0.5) is 10.1 Å². The number of carbonyl (C=O) groups excluding carboxylic acids is 1. The summed E-state index contributed by atoms with van der Waals surface area (Å²) in [5.41, 5.74) is 1.31. The van der Waals surface area contributed by atoms with Gasteiger partial charge in [0.05, 0.1) is 6.20 Å². The fraction of sp³-hybridized carbons (Fsp3) is 0.267. The van der Waals surface area contributed by atoms with Gasteiger partial charge >= 0.3 is 0 Å². The van der Waals surface area contributed by atoms with Crippen molar-refractivity contribution in [3.8, 4) is 5.69 Å². The summed E-state index contributed by atoms with van der Waals surface area (Å²) >= 11 is 0. The zero-order valence-electron chi connectivity index (χ0n) is 13.9. The van der Waals surface area contributed by atoms with Gasteiger partial charge in [0.15, 0.2) is 5.82 Å². The minimum atomic E-state index is -0.586. The average molecular weight is 344 g/mol. The number of hydrogen-bond donors (Lipinski definition) is 2. The Morgan fingerprint density at radius 1 is 1.36 bits per heavy atom. The van der Waals surface area contributed by atoms with Crippen LogP contribution in [0.1, 0.15) is 17.4 Å². The van der Waals surface area contributed by atoms with E-state index in [0.717, 1.165) is 5.56 Å². The molecule has 1 aromatic carbocycles. The summed E-state index contributed by atoms with van der Waals surface area (Å²) in [5.74, 6) is -0.349. The maximum atomic E-state index is 14.1. The van der Waals surface area contributed by atoms with Gasteiger partial charge in [-0.15, -0.1) is 5.10 Å². The number of likely N-dealkylation sites (N-methyl/N-ethyl adjacent to an activating group) is 1. The minimum Gasteiger partial charge on any atom is -0.324 e. The molecule has 1 amide bonds. The van der Waals surface area contributed by atoms with Gasteiger partial charge in [0.1, 0.15) is 17.5 Å². The van der Waals surface area contributed by atoms with Gasteiger partial charge in [0.25, 0.3) is 0 Å². The van der Waals surface area contributed by atoms with E-state index >= 15 is 0 Å². The van der Waals surface area contributed by atoms with E-state index in [-0.39, 0.29) is 11.6 Å². The number of tetrazole rings is 1. The summed E-state index contributed by atoms with van der Waals surface area (Å²) in [6.07, 6.45) is 3.36. The van der Waals surface area contributed by atoms with Crippen LogP contribution >= 0.6 is 0 Å². The Balaban J connectivity index is 1.85. The molecule has 0 aliphatic carbocycles. The highest BCUT2D eigenvalue weighted by atomic mass is 19.1. The number of hydrogen-bond acceptors (Lipinski definition) is 6. The molecule has 1 atom stereocenters. The van der Waals surface area contributed by atoms with Crippen molar-refractivity contribution < 1.29 is 9.18 Å². The molecule has 0 saturated carbocycles. The van der Waals surface area contributed by atoms with Gasteiger partial charge in [-0.05, 0) is 42.6 Å². The van der Waals surface area contributed by atoms with Crippen molar-refractivity contribution in [1.82, 2.24) is 35.3 Å². The second-order valence-corrected chi connectivity index (χ2v) is 5.46. The lowest BCUT2D eigenvalue weighted by Crippen LogP contribution is -2.30.